The third-order valence-corrected chi connectivity index (χ3v) is 2.80. The molecule has 0 saturated heterocycles. The van der Waals surface area contributed by atoms with E-state index in [1.54, 1.807) is 13.2 Å². The van der Waals surface area contributed by atoms with E-state index in [9.17, 15) is 4.39 Å². The Bertz CT molecular complexity index is 342. The standard InChI is InChI=1S/C14H22FNO/c1-5-6-16-13(9-17-4)14-11(3)7-10(2)8-12(14)15/h7-8,13,16H,5-6,9H2,1-4H3. The van der Waals surface area contributed by atoms with Crippen LogP contribution in [-0.2, 0) is 4.74 Å². The van der Waals surface area contributed by atoms with Gasteiger partial charge in [0.2, 0.25) is 0 Å². The molecule has 1 aromatic rings. The number of hydrogen-bond donors (Lipinski definition) is 1. The molecule has 0 aliphatic heterocycles. The first-order chi connectivity index (χ1) is 8.10. The van der Waals surface area contributed by atoms with Gasteiger partial charge in [0, 0.05) is 12.7 Å². The van der Waals surface area contributed by atoms with Gasteiger partial charge < -0.3 is 10.1 Å². The number of ether oxygens (including phenoxy) is 1. The molecule has 0 amide bonds. The van der Waals surface area contributed by atoms with Gasteiger partial charge in [0.25, 0.3) is 0 Å². The van der Waals surface area contributed by atoms with E-state index >= 15 is 0 Å². The van der Waals surface area contributed by atoms with Crippen LogP contribution in [0.15, 0.2) is 12.1 Å². The van der Waals surface area contributed by atoms with Gasteiger partial charge in [-0.15, -0.1) is 0 Å². The molecule has 0 spiro atoms. The Kier molecular flexibility index (Phi) is 5.59. The van der Waals surface area contributed by atoms with Crippen LogP contribution in [0.2, 0.25) is 0 Å². The zero-order valence-electron chi connectivity index (χ0n) is 11.1. The van der Waals surface area contributed by atoms with Gasteiger partial charge >= 0.3 is 0 Å². The van der Waals surface area contributed by atoms with E-state index in [1.165, 1.54) is 0 Å². The number of methoxy groups -OCH3 is 1. The molecule has 1 aromatic carbocycles. The lowest BCUT2D eigenvalue weighted by molar-refractivity contribution is 0.165. The average Bonchev–Trinajstić information content (AvgIpc) is 2.24. The molecular formula is C14H22FNO. The Balaban J connectivity index is 3.00. The first-order valence-electron chi connectivity index (χ1n) is 6.09. The van der Waals surface area contributed by atoms with Gasteiger partial charge in [-0.05, 0) is 44.0 Å². The Morgan fingerprint density at radius 1 is 1.35 bits per heavy atom. The van der Waals surface area contributed by atoms with Crippen LogP contribution in [0.3, 0.4) is 0 Å². The highest BCUT2D eigenvalue weighted by Gasteiger charge is 2.17. The molecule has 0 fully saturated rings. The first-order valence-corrected chi connectivity index (χ1v) is 6.09. The van der Waals surface area contributed by atoms with E-state index in [1.807, 2.05) is 19.9 Å². The summed E-state index contributed by atoms with van der Waals surface area (Å²) in [6.45, 7) is 7.29. The van der Waals surface area contributed by atoms with Crippen LogP contribution in [0.25, 0.3) is 0 Å². The van der Waals surface area contributed by atoms with Crippen molar-refractivity contribution in [2.24, 2.45) is 0 Å². The number of nitrogens with one attached hydrogen (secondary N) is 1. The van der Waals surface area contributed by atoms with Gasteiger partial charge in [0.1, 0.15) is 5.82 Å². The normalized spacial score (nSPS) is 12.8. The molecule has 1 rings (SSSR count). The maximum atomic E-state index is 14.0. The quantitative estimate of drug-likeness (QED) is 0.823. The van der Waals surface area contributed by atoms with Crippen LogP contribution >= 0.6 is 0 Å². The second-order valence-electron chi connectivity index (χ2n) is 4.44. The Labute approximate surface area is 103 Å². The molecule has 1 atom stereocenters. The predicted octanol–water partition coefficient (Wildman–Crippen LogP) is 3.13. The van der Waals surface area contributed by atoms with Crippen molar-refractivity contribution < 1.29 is 9.13 Å². The Morgan fingerprint density at radius 2 is 2.06 bits per heavy atom. The largest absolute Gasteiger partial charge is 0.383 e. The summed E-state index contributed by atoms with van der Waals surface area (Å²) in [5, 5.41) is 3.32. The lowest BCUT2D eigenvalue weighted by Crippen LogP contribution is -2.27. The Hall–Kier alpha value is -0.930. The third kappa shape index (κ3) is 3.79. The molecule has 0 radical (unpaired) electrons. The SMILES string of the molecule is CCCNC(COC)c1c(C)cc(C)cc1F. The minimum Gasteiger partial charge on any atom is -0.383 e. The molecule has 3 heteroatoms. The van der Waals surface area contributed by atoms with Crippen molar-refractivity contribution in [2.45, 2.75) is 33.2 Å². The molecule has 17 heavy (non-hydrogen) atoms. The van der Waals surface area contributed by atoms with Crippen LogP contribution in [0.4, 0.5) is 4.39 Å². The van der Waals surface area contributed by atoms with Gasteiger partial charge in [0.05, 0.1) is 12.6 Å². The monoisotopic (exact) mass is 239 g/mol. The number of aryl methyl sites for hydroxylation is 2. The highest BCUT2D eigenvalue weighted by Crippen LogP contribution is 2.23. The number of rotatable bonds is 6. The number of benzene rings is 1. The van der Waals surface area contributed by atoms with Crippen molar-refractivity contribution in [1.29, 1.82) is 0 Å². The van der Waals surface area contributed by atoms with Crippen molar-refractivity contribution in [1.82, 2.24) is 5.32 Å². The van der Waals surface area contributed by atoms with E-state index in [-0.39, 0.29) is 11.9 Å². The molecule has 2 nitrogen and oxygen atoms in total. The zero-order chi connectivity index (χ0) is 12.8. The predicted molar refractivity (Wildman–Crippen MR) is 68.8 cm³/mol. The van der Waals surface area contributed by atoms with E-state index in [4.69, 9.17) is 4.74 Å². The maximum absolute atomic E-state index is 14.0. The summed E-state index contributed by atoms with van der Waals surface area (Å²) < 4.78 is 19.2. The molecule has 0 aromatic heterocycles. The summed E-state index contributed by atoms with van der Waals surface area (Å²) in [5.74, 6) is -0.145. The van der Waals surface area contributed by atoms with Gasteiger partial charge in [-0.1, -0.05) is 13.0 Å². The van der Waals surface area contributed by atoms with Crippen molar-refractivity contribution in [3.05, 3.63) is 34.6 Å². The van der Waals surface area contributed by atoms with Gasteiger partial charge in [0.15, 0.2) is 0 Å². The zero-order valence-corrected chi connectivity index (χ0v) is 11.1. The third-order valence-electron chi connectivity index (χ3n) is 2.80. The van der Waals surface area contributed by atoms with Crippen molar-refractivity contribution in [3.63, 3.8) is 0 Å². The molecule has 96 valence electrons. The summed E-state index contributed by atoms with van der Waals surface area (Å²) in [7, 11) is 1.64. The minimum atomic E-state index is -0.145. The number of hydrogen-bond acceptors (Lipinski definition) is 2. The molecular weight excluding hydrogens is 217 g/mol. The van der Waals surface area contributed by atoms with Crippen LogP contribution in [0, 0.1) is 19.7 Å². The molecule has 0 heterocycles. The van der Waals surface area contributed by atoms with E-state index < -0.39 is 0 Å². The van der Waals surface area contributed by atoms with Gasteiger partial charge in [-0.25, -0.2) is 4.39 Å². The van der Waals surface area contributed by atoms with E-state index in [0.29, 0.717) is 6.61 Å². The van der Waals surface area contributed by atoms with Crippen molar-refractivity contribution in [3.8, 4) is 0 Å². The van der Waals surface area contributed by atoms with Crippen molar-refractivity contribution in [2.75, 3.05) is 20.3 Å². The van der Waals surface area contributed by atoms with Crippen molar-refractivity contribution >= 4 is 0 Å². The molecule has 0 aliphatic carbocycles. The van der Waals surface area contributed by atoms with Gasteiger partial charge in [-0.3, -0.25) is 0 Å². The topological polar surface area (TPSA) is 21.3 Å². The molecule has 0 aliphatic rings. The Morgan fingerprint density at radius 3 is 2.59 bits per heavy atom. The summed E-state index contributed by atoms with van der Waals surface area (Å²) in [4.78, 5) is 0. The highest BCUT2D eigenvalue weighted by atomic mass is 19.1. The second kappa shape index (κ2) is 6.72. The van der Waals surface area contributed by atoms with Crippen LogP contribution in [0.5, 0.6) is 0 Å². The molecule has 0 bridgehead atoms. The minimum absolute atomic E-state index is 0.0689. The molecule has 1 unspecified atom stereocenters. The van der Waals surface area contributed by atoms with E-state index in [2.05, 4.69) is 12.2 Å². The smallest absolute Gasteiger partial charge is 0.128 e. The summed E-state index contributed by atoms with van der Waals surface area (Å²) >= 11 is 0. The lowest BCUT2D eigenvalue weighted by atomic mass is 9.98. The van der Waals surface area contributed by atoms with Crippen LogP contribution in [0.1, 0.15) is 36.1 Å². The highest BCUT2D eigenvalue weighted by molar-refractivity contribution is 5.34. The molecule has 0 saturated carbocycles. The van der Waals surface area contributed by atoms with Crippen LogP contribution < -0.4 is 5.32 Å². The summed E-state index contributed by atoms with van der Waals surface area (Å²) in [6, 6.07) is 3.52. The fourth-order valence-electron chi connectivity index (χ4n) is 2.10. The second-order valence-corrected chi connectivity index (χ2v) is 4.44. The average molecular weight is 239 g/mol. The summed E-state index contributed by atoms with van der Waals surface area (Å²) in [5.41, 5.74) is 2.66. The fourth-order valence-corrected chi connectivity index (χ4v) is 2.10. The lowest BCUT2D eigenvalue weighted by Gasteiger charge is -2.21. The van der Waals surface area contributed by atoms with Gasteiger partial charge in [-0.2, -0.15) is 0 Å². The van der Waals surface area contributed by atoms with Crippen LogP contribution in [-0.4, -0.2) is 20.3 Å². The first kappa shape index (κ1) is 14.1. The maximum Gasteiger partial charge on any atom is 0.128 e. The summed E-state index contributed by atoms with van der Waals surface area (Å²) in [6.07, 6.45) is 1.02. The number of halogens is 1. The fraction of sp³-hybridized carbons (Fsp3) is 0.571. The van der Waals surface area contributed by atoms with E-state index in [0.717, 1.165) is 29.7 Å². The molecule has 1 N–H and O–H groups in total.